The summed E-state index contributed by atoms with van der Waals surface area (Å²) in [6.07, 6.45) is 7.47. The summed E-state index contributed by atoms with van der Waals surface area (Å²) in [5, 5.41) is 6.30. The van der Waals surface area contributed by atoms with Crippen LogP contribution in [0.2, 0.25) is 0 Å². The minimum absolute atomic E-state index is 0.0525. The lowest BCUT2D eigenvalue weighted by Gasteiger charge is -2.34. The van der Waals surface area contributed by atoms with Crippen molar-refractivity contribution in [1.82, 2.24) is 15.5 Å². The third kappa shape index (κ3) is 6.65. The van der Waals surface area contributed by atoms with E-state index in [0.29, 0.717) is 37.2 Å². The van der Waals surface area contributed by atoms with Gasteiger partial charge in [-0.2, -0.15) is 0 Å². The van der Waals surface area contributed by atoms with Crippen LogP contribution in [0.4, 0.5) is 4.79 Å². The van der Waals surface area contributed by atoms with E-state index in [9.17, 15) is 9.59 Å². The molecule has 2 aliphatic rings. The van der Waals surface area contributed by atoms with Gasteiger partial charge in [-0.25, -0.2) is 4.79 Å². The van der Waals surface area contributed by atoms with Crippen molar-refractivity contribution in [3.05, 3.63) is 29.8 Å². The maximum absolute atomic E-state index is 12.6. The molecule has 6 heteroatoms. The van der Waals surface area contributed by atoms with Crippen molar-refractivity contribution in [1.29, 1.82) is 0 Å². The van der Waals surface area contributed by atoms with Crippen LogP contribution in [0, 0.1) is 5.92 Å². The predicted molar refractivity (Wildman–Crippen MR) is 114 cm³/mol. The largest absolute Gasteiger partial charge is 0.493 e. The molecule has 0 aromatic heterocycles. The molecule has 1 aromatic rings. The van der Waals surface area contributed by atoms with Crippen LogP contribution < -0.4 is 15.4 Å². The van der Waals surface area contributed by atoms with Crippen LogP contribution in [0.5, 0.6) is 5.75 Å². The highest BCUT2D eigenvalue weighted by Crippen LogP contribution is 2.19. The van der Waals surface area contributed by atoms with E-state index in [0.717, 1.165) is 31.4 Å². The number of piperidine rings is 1. The number of carbonyl (C=O) groups is 2. The van der Waals surface area contributed by atoms with Crippen molar-refractivity contribution >= 4 is 11.9 Å². The Morgan fingerprint density at radius 3 is 2.41 bits per heavy atom. The molecule has 3 rings (SSSR count). The lowest BCUT2D eigenvalue weighted by Crippen LogP contribution is -2.51. The predicted octanol–water partition coefficient (Wildman–Crippen LogP) is 3.96. The highest BCUT2D eigenvalue weighted by molar-refractivity contribution is 5.94. The zero-order chi connectivity index (χ0) is 20.6. The molecule has 3 amide bonds. The Morgan fingerprint density at radius 2 is 1.72 bits per heavy atom. The highest BCUT2D eigenvalue weighted by Gasteiger charge is 2.26. The number of nitrogens with one attached hydrogen (secondary N) is 2. The van der Waals surface area contributed by atoms with Crippen LogP contribution in [-0.2, 0) is 0 Å². The molecule has 1 heterocycles. The molecule has 1 aliphatic heterocycles. The van der Waals surface area contributed by atoms with Crippen LogP contribution in [0.15, 0.2) is 24.3 Å². The standard InChI is InChI=1S/C23H35N3O3/c1-17(2)16-29-21-10-6-7-18(15-21)22(27)24-20-11-13-26(14-12-20)23(28)25-19-8-4-3-5-9-19/h6-7,10,15,17,19-20H,3-5,8-9,11-14,16H2,1-2H3,(H,24,27)(H,25,28). The summed E-state index contributed by atoms with van der Waals surface area (Å²) < 4.78 is 5.72. The van der Waals surface area contributed by atoms with Gasteiger partial charge in [-0.05, 0) is 49.8 Å². The molecule has 1 aromatic carbocycles. The zero-order valence-corrected chi connectivity index (χ0v) is 17.8. The second kappa shape index (κ2) is 10.5. The zero-order valence-electron chi connectivity index (χ0n) is 17.8. The molecule has 1 aliphatic carbocycles. The minimum Gasteiger partial charge on any atom is -0.493 e. The summed E-state index contributed by atoms with van der Waals surface area (Å²) in [5.74, 6) is 1.08. The van der Waals surface area contributed by atoms with Gasteiger partial charge in [0.05, 0.1) is 6.61 Å². The van der Waals surface area contributed by atoms with Gasteiger partial charge in [-0.15, -0.1) is 0 Å². The van der Waals surface area contributed by atoms with Crippen molar-refractivity contribution in [2.24, 2.45) is 5.92 Å². The topological polar surface area (TPSA) is 70.7 Å². The van der Waals surface area contributed by atoms with Gasteiger partial charge in [0.2, 0.25) is 0 Å². The van der Waals surface area contributed by atoms with Gasteiger partial charge >= 0.3 is 6.03 Å². The van der Waals surface area contributed by atoms with Crippen molar-refractivity contribution in [3.63, 3.8) is 0 Å². The number of hydrogen-bond acceptors (Lipinski definition) is 3. The van der Waals surface area contributed by atoms with Gasteiger partial charge in [0.15, 0.2) is 0 Å². The van der Waals surface area contributed by atoms with E-state index in [-0.39, 0.29) is 18.0 Å². The fourth-order valence-electron chi connectivity index (χ4n) is 4.00. The minimum atomic E-state index is -0.0786. The summed E-state index contributed by atoms with van der Waals surface area (Å²) in [5.41, 5.74) is 0.615. The monoisotopic (exact) mass is 401 g/mol. The fraction of sp³-hybridized carbons (Fsp3) is 0.652. The van der Waals surface area contributed by atoms with E-state index >= 15 is 0 Å². The molecule has 0 atom stereocenters. The van der Waals surface area contributed by atoms with E-state index in [1.54, 1.807) is 6.07 Å². The second-order valence-corrected chi connectivity index (χ2v) is 8.75. The Labute approximate surface area is 174 Å². The van der Waals surface area contributed by atoms with Gasteiger partial charge in [0, 0.05) is 30.7 Å². The third-order valence-corrected chi connectivity index (χ3v) is 5.73. The van der Waals surface area contributed by atoms with Crippen molar-refractivity contribution in [2.75, 3.05) is 19.7 Å². The molecule has 1 saturated carbocycles. The average molecular weight is 402 g/mol. The number of carbonyl (C=O) groups excluding carboxylic acids is 2. The van der Waals surface area contributed by atoms with Crippen molar-refractivity contribution < 1.29 is 14.3 Å². The van der Waals surface area contributed by atoms with Gasteiger partial charge < -0.3 is 20.3 Å². The normalized spacial score (nSPS) is 18.5. The Kier molecular flexibility index (Phi) is 7.78. The molecule has 1 saturated heterocycles. The van der Waals surface area contributed by atoms with E-state index in [1.807, 2.05) is 23.1 Å². The Hall–Kier alpha value is -2.24. The SMILES string of the molecule is CC(C)COc1cccc(C(=O)NC2CCN(C(=O)NC3CCCCC3)CC2)c1. The molecule has 0 bridgehead atoms. The number of nitrogens with zero attached hydrogens (tertiary/aromatic N) is 1. The van der Waals surface area contributed by atoms with E-state index in [1.165, 1.54) is 19.3 Å². The van der Waals surface area contributed by atoms with E-state index in [4.69, 9.17) is 4.74 Å². The second-order valence-electron chi connectivity index (χ2n) is 8.75. The summed E-state index contributed by atoms with van der Waals surface area (Å²) in [7, 11) is 0. The first kappa shape index (κ1) is 21.5. The molecular weight excluding hydrogens is 366 g/mol. The molecule has 0 radical (unpaired) electrons. The Balaban J connectivity index is 1.43. The van der Waals surface area contributed by atoms with Crippen LogP contribution in [-0.4, -0.2) is 48.6 Å². The first-order valence-electron chi connectivity index (χ1n) is 11.1. The van der Waals surface area contributed by atoms with Gasteiger partial charge in [-0.3, -0.25) is 4.79 Å². The number of hydrogen-bond donors (Lipinski definition) is 2. The smallest absolute Gasteiger partial charge is 0.317 e. The van der Waals surface area contributed by atoms with Gasteiger partial charge in [-0.1, -0.05) is 39.2 Å². The molecule has 6 nitrogen and oxygen atoms in total. The molecule has 160 valence electrons. The molecule has 0 spiro atoms. The molecule has 29 heavy (non-hydrogen) atoms. The molecular formula is C23H35N3O3. The molecule has 2 fully saturated rings. The number of urea groups is 1. The first-order valence-corrected chi connectivity index (χ1v) is 11.1. The number of amides is 3. The maximum atomic E-state index is 12.6. The highest BCUT2D eigenvalue weighted by atomic mass is 16.5. The number of rotatable bonds is 6. The summed E-state index contributed by atoms with van der Waals surface area (Å²) in [4.78, 5) is 27.0. The van der Waals surface area contributed by atoms with E-state index < -0.39 is 0 Å². The maximum Gasteiger partial charge on any atom is 0.317 e. The quantitative estimate of drug-likeness (QED) is 0.758. The lowest BCUT2D eigenvalue weighted by molar-refractivity contribution is 0.0917. The summed E-state index contributed by atoms with van der Waals surface area (Å²) in [6.45, 7) is 6.19. The van der Waals surface area contributed by atoms with Crippen LogP contribution in [0.25, 0.3) is 0 Å². The van der Waals surface area contributed by atoms with Gasteiger partial charge in [0.1, 0.15) is 5.75 Å². The number of ether oxygens (including phenoxy) is 1. The lowest BCUT2D eigenvalue weighted by atomic mass is 9.95. The first-order chi connectivity index (χ1) is 14.0. The third-order valence-electron chi connectivity index (χ3n) is 5.73. The summed E-state index contributed by atoms with van der Waals surface area (Å²) >= 11 is 0. The summed E-state index contributed by atoms with van der Waals surface area (Å²) in [6, 6.07) is 7.82. The van der Waals surface area contributed by atoms with Crippen LogP contribution in [0.3, 0.4) is 0 Å². The number of likely N-dealkylation sites (tertiary alicyclic amines) is 1. The van der Waals surface area contributed by atoms with Gasteiger partial charge in [0.25, 0.3) is 5.91 Å². The molecule has 2 N–H and O–H groups in total. The van der Waals surface area contributed by atoms with Crippen LogP contribution in [0.1, 0.15) is 69.2 Å². The van der Waals surface area contributed by atoms with E-state index in [2.05, 4.69) is 24.5 Å². The van der Waals surface area contributed by atoms with Crippen molar-refractivity contribution in [3.8, 4) is 5.75 Å². The average Bonchev–Trinajstić information content (AvgIpc) is 2.73. The Bertz CT molecular complexity index is 678. The fourth-order valence-corrected chi connectivity index (χ4v) is 4.00. The molecule has 0 unspecified atom stereocenters. The van der Waals surface area contributed by atoms with Crippen molar-refractivity contribution in [2.45, 2.75) is 70.9 Å². The van der Waals surface area contributed by atoms with Crippen LogP contribution >= 0.6 is 0 Å². The Morgan fingerprint density at radius 1 is 1.03 bits per heavy atom. The number of benzene rings is 1.